The van der Waals surface area contributed by atoms with Gasteiger partial charge in [0.2, 0.25) is 0 Å². The molecule has 1 N–H and O–H groups in total. The Morgan fingerprint density at radius 1 is 1.35 bits per heavy atom. The SMILES string of the molecule is Cc1c(C(=O)N2CCCNCC2)sc(=O)n1C. The molecule has 2 rings (SSSR count). The van der Waals surface area contributed by atoms with Gasteiger partial charge in [-0.1, -0.05) is 11.3 Å². The number of amides is 1. The topological polar surface area (TPSA) is 54.3 Å². The van der Waals surface area contributed by atoms with Crippen molar-refractivity contribution in [2.75, 3.05) is 26.2 Å². The second-order valence-electron chi connectivity index (χ2n) is 4.24. The lowest BCUT2D eigenvalue weighted by Gasteiger charge is -2.19. The zero-order valence-corrected chi connectivity index (χ0v) is 11.0. The molecule has 0 aliphatic carbocycles. The van der Waals surface area contributed by atoms with Crippen molar-refractivity contribution >= 4 is 17.2 Å². The van der Waals surface area contributed by atoms with Gasteiger partial charge in [0.1, 0.15) is 4.88 Å². The number of nitrogens with zero attached hydrogens (tertiary/aromatic N) is 2. The van der Waals surface area contributed by atoms with E-state index in [1.807, 2.05) is 11.8 Å². The lowest BCUT2D eigenvalue weighted by molar-refractivity contribution is 0.0770. The number of aromatic nitrogens is 1. The maximum atomic E-state index is 12.3. The van der Waals surface area contributed by atoms with E-state index in [9.17, 15) is 9.59 Å². The fraction of sp³-hybridized carbons (Fsp3) is 0.636. The molecule has 1 saturated heterocycles. The van der Waals surface area contributed by atoms with E-state index in [2.05, 4.69) is 5.32 Å². The van der Waals surface area contributed by atoms with Gasteiger partial charge in [-0.25, -0.2) is 0 Å². The molecule has 1 aromatic rings. The average molecular weight is 255 g/mol. The molecule has 0 aromatic carbocycles. The zero-order chi connectivity index (χ0) is 12.4. The second kappa shape index (κ2) is 5.01. The van der Waals surface area contributed by atoms with Gasteiger partial charge in [0.05, 0.1) is 0 Å². The molecule has 0 spiro atoms. The molecule has 17 heavy (non-hydrogen) atoms. The Balaban J connectivity index is 2.23. The minimum Gasteiger partial charge on any atom is -0.337 e. The Morgan fingerprint density at radius 2 is 2.12 bits per heavy atom. The van der Waals surface area contributed by atoms with Crippen LogP contribution in [0.3, 0.4) is 0 Å². The molecule has 0 unspecified atom stereocenters. The van der Waals surface area contributed by atoms with Gasteiger partial charge in [-0.3, -0.25) is 9.59 Å². The lowest BCUT2D eigenvalue weighted by atomic mass is 10.3. The second-order valence-corrected chi connectivity index (χ2v) is 5.20. The zero-order valence-electron chi connectivity index (χ0n) is 10.2. The summed E-state index contributed by atoms with van der Waals surface area (Å²) >= 11 is 1.05. The van der Waals surface area contributed by atoms with Gasteiger partial charge in [0.25, 0.3) is 5.91 Å². The van der Waals surface area contributed by atoms with Gasteiger partial charge in [-0.2, -0.15) is 0 Å². The number of carbonyl (C=O) groups is 1. The molecule has 94 valence electrons. The maximum Gasteiger partial charge on any atom is 0.307 e. The molecule has 1 fully saturated rings. The molecule has 0 radical (unpaired) electrons. The monoisotopic (exact) mass is 255 g/mol. The first-order chi connectivity index (χ1) is 8.11. The van der Waals surface area contributed by atoms with E-state index in [0.717, 1.165) is 43.1 Å². The first-order valence-electron chi connectivity index (χ1n) is 5.77. The summed E-state index contributed by atoms with van der Waals surface area (Å²) in [6.45, 7) is 5.08. The fourth-order valence-electron chi connectivity index (χ4n) is 1.91. The van der Waals surface area contributed by atoms with Crippen molar-refractivity contribution in [1.29, 1.82) is 0 Å². The van der Waals surface area contributed by atoms with E-state index in [-0.39, 0.29) is 10.8 Å². The van der Waals surface area contributed by atoms with Crippen LogP contribution in [-0.2, 0) is 7.05 Å². The third kappa shape index (κ3) is 2.42. The van der Waals surface area contributed by atoms with Gasteiger partial charge in [-0.15, -0.1) is 0 Å². The highest BCUT2D eigenvalue weighted by Gasteiger charge is 2.22. The Hall–Kier alpha value is -1.14. The van der Waals surface area contributed by atoms with E-state index in [1.54, 1.807) is 7.05 Å². The number of rotatable bonds is 1. The van der Waals surface area contributed by atoms with Crippen LogP contribution >= 0.6 is 11.3 Å². The van der Waals surface area contributed by atoms with Crippen LogP contribution < -0.4 is 10.2 Å². The molecule has 5 nitrogen and oxygen atoms in total. The summed E-state index contributed by atoms with van der Waals surface area (Å²) in [5, 5.41) is 3.26. The summed E-state index contributed by atoms with van der Waals surface area (Å²) in [5.74, 6) is -0.00565. The van der Waals surface area contributed by atoms with E-state index in [1.165, 1.54) is 4.57 Å². The number of hydrogen-bond acceptors (Lipinski definition) is 4. The van der Waals surface area contributed by atoms with E-state index in [4.69, 9.17) is 0 Å². The Kier molecular flexibility index (Phi) is 3.63. The summed E-state index contributed by atoms with van der Waals surface area (Å²) in [7, 11) is 1.70. The standard InChI is InChI=1S/C11H17N3O2S/c1-8-9(17-11(16)13(8)2)10(15)14-6-3-4-12-5-7-14/h12H,3-7H2,1-2H3. The van der Waals surface area contributed by atoms with E-state index in [0.29, 0.717) is 11.4 Å². The first kappa shape index (κ1) is 12.3. The predicted octanol–water partition coefficient (Wildman–Crippen LogP) is 0.191. The minimum atomic E-state index is -0.0706. The predicted molar refractivity (Wildman–Crippen MR) is 67.7 cm³/mol. The summed E-state index contributed by atoms with van der Waals surface area (Å²) in [6, 6.07) is 0. The van der Waals surface area contributed by atoms with Crippen molar-refractivity contribution in [2.24, 2.45) is 7.05 Å². The van der Waals surface area contributed by atoms with Gasteiger partial charge in [-0.05, 0) is 19.9 Å². The van der Waals surface area contributed by atoms with Crippen LogP contribution in [-0.4, -0.2) is 41.6 Å². The van der Waals surface area contributed by atoms with Crippen LogP contribution in [0, 0.1) is 6.92 Å². The third-order valence-corrected chi connectivity index (χ3v) is 4.24. The number of hydrogen-bond donors (Lipinski definition) is 1. The van der Waals surface area contributed by atoms with Crippen LogP contribution in [0.2, 0.25) is 0 Å². The van der Waals surface area contributed by atoms with Crippen LogP contribution in [0.4, 0.5) is 0 Å². The summed E-state index contributed by atoms with van der Waals surface area (Å²) in [6.07, 6.45) is 0.965. The molecule has 1 aliphatic heterocycles. The van der Waals surface area contributed by atoms with Crippen molar-refractivity contribution in [1.82, 2.24) is 14.8 Å². The highest BCUT2D eigenvalue weighted by atomic mass is 32.1. The van der Waals surface area contributed by atoms with Crippen molar-refractivity contribution in [3.8, 4) is 0 Å². The third-order valence-electron chi connectivity index (χ3n) is 3.12. The van der Waals surface area contributed by atoms with E-state index >= 15 is 0 Å². The largest absolute Gasteiger partial charge is 0.337 e. The molecule has 0 bridgehead atoms. The molecule has 0 saturated carbocycles. The average Bonchev–Trinajstić information content (AvgIpc) is 2.57. The molecule has 0 atom stereocenters. The van der Waals surface area contributed by atoms with Crippen molar-refractivity contribution < 1.29 is 4.79 Å². The normalized spacial score (nSPS) is 16.9. The maximum absolute atomic E-state index is 12.3. The Bertz CT molecular complexity index is 470. The van der Waals surface area contributed by atoms with Crippen molar-refractivity contribution in [3.63, 3.8) is 0 Å². The molecule has 1 amide bonds. The molecule has 6 heteroatoms. The van der Waals surface area contributed by atoms with Crippen molar-refractivity contribution in [2.45, 2.75) is 13.3 Å². The van der Waals surface area contributed by atoms with Crippen molar-refractivity contribution in [3.05, 3.63) is 20.2 Å². The highest BCUT2D eigenvalue weighted by Crippen LogP contribution is 2.14. The molecule has 1 aliphatic rings. The number of carbonyl (C=O) groups excluding carboxylic acids is 1. The smallest absolute Gasteiger partial charge is 0.307 e. The molecular weight excluding hydrogens is 238 g/mol. The summed E-state index contributed by atoms with van der Waals surface area (Å²) < 4.78 is 1.54. The van der Waals surface area contributed by atoms with Crippen LogP contribution in [0.5, 0.6) is 0 Å². The number of nitrogens with one attached hydrogen (secondary N) is 1. The quantitative estimate of drug-likeness (QED) is 0.779. The summed E-state index contributed by atoms with van der Waals surface area (Å²) in [4.78, 5) is 26.2. The van der Waals surface area contributed by atoms with E-state index < -0.39 is 0 Å². The van der Waals surface area contributed by atoms with Crippen LogP contribution in [0.15, 0.2) is 4.79 Å². The Morgan fingerprint density at radius 3 is 2.76 bits per heavy atom. The lowest BCUT2D eigenvalue weighted by Crippen LogP contribution is -2.34. The van der Waals surface area contributed by atoms with Gasteiger partial charge in [0.15, 0.2) is 0 Å². The number of thiazole rings is 1. The Labute approximate surface area is 104 Å². The molecule has 1 aromatic heterocycles. The molecule has 2 heterocycles. The van der Waals surface area contributed by atoms with Gasteiger partial charge in [0, 0.05) is 32.4 Å². The summed E-state index contributed by atoms with van der Waals surface area (Å²) in [5.41, 5.74) is 0.766. The van der Waals surface area contributed by atoms with Crippen LogP contribution in [0.1, 0.15) is 21.8 Å². The van der Waals surface area contributed by atoms with Crippen LogP contribution in [0.25, 0.3) is 0 Å². The highest BCUT2D eigenvalue weighted by molar-refractivity contribution is 7.11. The molecular formula is C11H17N3O2S. The fourth-order valence-corrected chi connectivity index (χ4v) is 2.86. The minimum absolute atomic E-state index is 0.00565. The first-order valence-corrected chi connectivity index (χ1v) is 6.59. The van der Waals surface area contributed by atoms with Gasteiger partial charge < -0.3 is 14.8 Å². The van der Waals surface area contributed by atoms with Gasteiger partial charge >= 0.3 is 4.87 Å².